The van der Waals surface area contributed by atoms with Crippen molar-refractivity contribution < 1.29 is 13.9 Å². The molecule has 3 N–H and O–H groups in total. The monoisotopic (exact) mass is 246 g/mol. The Morgan fingerprint density at radius 1 is 1.22 bits per heavy atom. The molecule has 18 heavy (non-hydrogen) atoms. The Hall–Kier alpha value is -2.11. The van der Waals surface area contributed by atoms with Gasteiger partial charge in [0.25, 0.3) is 5.91 Å². The number of hydrazine groups is 1. The molecule has 2 rings (SSSR count). The standard InChI is InChI=1S/C13H14N2O3/c14-15-13(16)12-6-2-1-4-10(12)8-17-9-11-5-3-7-18-11/h1-7H,8-9,14H2,(H,15,16). The number of ether oxygens (including phenoxy) is 1. The van der Waals surface area contributed by atoms with Crippen LogP contribution in [0.15, 0.2) is 47.1 Å². The molecule has 2 aromatic rings. The van der Waals surface area contributed by atoms with Crippen LogP contribution in [0.2, 0.25) is 0 Å². The number of nitrogen functional groups attached to an aromatic ring is 1. The van der Waals surface area contributed by atoms with Crippen LogP contribution < -0.4 is 11.3 Å². The fourth-order valence-corrected chi connectivity index (χ4v) is 1.60. The first-order valence-corrected chi connectivity index (χ1v) is 5.50. The average Bonchev–Trinajstić information content (AvgIpc) is 2.92. The number of nitrogens with two attached hydrogens (primary N) is 1. The fourth-order valence-electron chi connectivity index (χ4n) is 1.60. The van der Waals surface area contributed by atoms with Crippen LogP contribution >= 0.6 is 0 Å². The van der Waals surface area contributed by atoms with E-state index in [9.17, 15) is 4.79 Å². The zero-order valence-electron chi connectivity index (χ0n) is 9.76. The minimum atomic E-state index is -0.327. The third-order valence-corrected chi connectivity index (χ3v) is 2.48. The summed E-state index contributed by atoms with van der Waals surface area (Å²) in [5.74, 6) is 5.54. The number of hydrogen-bond donors (Lipinski definition) is 2. The number of carbonyl (C=O) groups excluding carboxylic acids is 1. The van der Waals surface area contributed by atoms with Gasteiger partial charge in [-0.15, -0.1) is 0 Å². The van der Waals surface area contributed by atoms with Crippen LogP contribution in [0.1, 0.15) is 21.7 Å². The van der Waals surface area contributed by atoms with Gasteiger partial charge in [0.1, 0.15) is 12.4 Å². The van der Waals surface area contributed by atoms with Crippen LogP contribution in [0.3, 0.4) is 0 Å². The number of furan rings is 1. The molecule has 0 aliphatic heterocycles. The second-order valence-corrected chi connectivity index (χ2v) is 3.70. The van der Waals surface area contributed by atoms with Crippen molar-refractivity contribution in [3.63, 3.8) is 0 Å². The summed E-state index contributed by atoms with van der Waals surface area (Å²) in [5.41, 5.74) is 3.41. The lowest BCUT2D eigenvalue weighted by Gasteiger charge is -2.08. The summed E-state index contributed by atoms with van der Waals surface area (Å²) in [4.78, 5) is 11.5. The predicted molar refractivity (Wildman–Crippen MR) is 65.3 cm³/mol. The summed E-state index contributed by atoms with van der Waals surface area (Å²) in [5, 5.41) is 0. The van der Waals surface area contributed by atoms with Gasteiger partial charge in [-0.2, -0.15) is 0 Å². The van der Waals surface area contributed by atoms with Gasteiger partial charge >= 0.3 is 0 Å². The van der Waals surface area contributed by atoms with Gasteiger partial charge in [0.05, 0.1) is 12.9 Å². The van der Waals surface area contributed by atoms with Gasteiger partial charge in [-0.1, -0.05) is 18.2 Å². The molecule has 0 bridgehead atoms. The molecule has 0 fully saturated rings. The first-order chi connectivity index (χ1) is 8.81. The molecule has 5 heteroatoms. The Balaban J connectivity index is 1.98. The summed E-state index contributed by atoms with van der Waals surface area (Å²) in [6.45, 7) is 0.690. The van der Waals surface area contributed by atoms with E-state index in [1.165, 1.54) is 0 Å². The molecule has 1 aromatic carbocycles. The van der Waals surface area contributed by atoms with Crippen molar-refractivity contribution in [1.29, 1.82) is 0 Å². The van der Waals surface area contributed by atoms with Crippen molar-refractivity contribution in [2.24, 2.45) is 5.84 Å². The molecule has 0 aliphatic rings. The van der Waals surface area contributed by atoms with Gasteiger partial charge < -0.3 is 9.15 Å². The van der Waals surface area contributed by atoms with E-state index in [0.29, 0.717) is 18.8 Å². The third kappa shape index (κ3) is 2.97. The number of benzene rings is 1. The van der Waals surface area contributed by atoms with Gasteiger partial charge in [0, 0.05) is 5.56 Å². The second kappa shape index (κ2) is 6.00. The summed E-state index contributed by atoms with van der Waals surface area (Å²) in [6.07, 6.45) is 1.59. The van der Waals surface area contributed by atoms with Crippen molar-refractivity contribution in [3.8, 4) is 0 Å². The van der Waals surface area contributed by atoms with E-state index in [1.54, 1.807) is 24.5 Å². The molecular weight excluding hydrogens is 232 g/mol. The number of carbonyl (C=O) groups is 1. The zero-order chi connectivity index (χ0) is 12.8. The van der Waals surface area contributed by atoms with E-state index in [2.05, 4.69) is 5.43 Å². The maximum atomic E-state index is 11.5. The maximum Gasteiger partial charge on any atom is 0.265 e. The van der Waals surface area contributed by atoms with Crippen LogP contribution in [0.5, 0.6) is 0 Å². The Kier molecular flexibility index (Phi) is 4.11. The molecule has 1 aromatic heterocycles. The minimum absolute atomic E-state index is 0.324. The van der Waals surface area contributed by atoms with Crippen molar-refractivity contribution in [1.82, 2.24) is 5.43 Å². The third-order valence-electron chi connectivity index (χ3n) is 2.48. The molecule has 0 atom stereocenters. The highest BCUT2D eigenvalue weighted by Gasteiger charge is 2.09. The predicted octanol–water partition coefficient (Wildman–Crippen LogP) is 1.60. The highest BCUT2D eigenvalue weighted by molar-refractivity contribution is 5.95. The quantitative estimate of drug-likeness (QED) is 0.477. The number of hydrogen-bond acceptors (Lipinski definition) is 4. The Labute approximate surface area is 105 Å². The molecule has 0 unspecified atom stereocenters. The minimum Gasteiger partial charge on any atom is -0.467 e. The van der Waals surface area contributed by atoms with Crippen LogP contribution in [0.25, 0.3) is 0 Å². The summed E-state index contributed by atoms with van der Waals surface area (Å²) < 4.78 is 10.6. The average molecular weight is 246 g/mol. The molecule has 0 spiro atoms. The van der Waals surface area contributed by atoms with E-state index in [1.807, 2.05) is 18.2 Å². The van der Waals surface area contributed by atoms with Crippen LogP contribution in [-0.2, 0) is 18.0 Å². The van der Waals surface area contributed by atoms with Gasteiger partial charge in [-0.3, -0.25) is 10.2 Å². The molecular formula is C13H14N2O3. The van der Waals surface area contributed by atoms with Gasteiger partial charge in [0.2, 0.25) is 0 Å². The largest absolute Gasteiger partial charge is 0.467 e. The van der Waals surface area contributed by atoms with E-state index in [4.69, 9.17) is 15.0 Å². The second-order valence-electron chi connectivity index (χ2n) is 3.70. The normalized spacial score (nSPS) is 10.3. The van der Waals surface area contributed by atoms with Gasteiger partial charge in [-0.25, -0.2) is 5.84 Å². The number of nitrogens with one attached hydrogen (secondary N) is 1. The lowest BCUT2D eigenvalue weighted by atomic mass is 10.1. The zero-order valence-corrected chi connectivity index (χ0v) is 9.76. The molecule has 5 nitrogen and oxygen atoms in total. The Morgan fingerprint density at radius 2 is 2.06 bits per heavy atom. The molecule has 1 heterocycles. The van der Waals surface area contributed by atoms with Crippen molar-refractivity contribution in [2.45, 2.75) is 13.2 Å². The van der Waals surface area contributed by atoms with Gasteiger partial charge in [0.15, 0.2) is 0 Å². The highest BCUT2D eigenvalue weighted by atomic mass is 16.5. The van der Waals surface area contributed by atoms with Crippen molar-refractivity contribution in [3.05, 3.63) is 59.5 Å². The SMILES string of the molecule is NNC(=O)c1ccccc1COCc1ccco1. The summed E-state index contributed by atoms with van der Waals surface area (Å²) in [6, 6.07) is 10.8. The van der Waals surface area contributed by atoms with Crippen LogP contribution in [0.4, 0.5) is 0 Å². The smallest absolute Gasteiger partial charge is 0.265 e. The molecule has 0 saturated heterocycles. The molecule has 1 amide bonds. The summed E-state index contributed by atoms with van der Waals surface area (Å²) in [7, 11) is 0. The highest BCUT2D eigenvalue weighted by Crippen LogP contribution is 2.11. The number of rotatable bonds is 5. The van der Waals surface area contributed by atoms with Crippen molar-refractivity contribution >= 4 is 5.91 Å². The molecule has 0 aliphatic carbocycles. The maximum absolute atomic E-state index is 11.5. The molecule has 0 radical (unpaired) electrons. The first kappa shape index (κ1) is 12.3. The first-order valence-electron chi connectivity index (χ1n) is 5.50. The number of amides is 1. The van der Waals surface area contributed by atoms with E-state index >= 15 is 0 Å². The fraction of sp³-hybridized carbons (Fsp3) is 0.154. The van der Waals surface area contributed by atoms with E-state index < -0.39 is 0 Å². The topological polar surface area (TPSA) is 77.5 Å². The van der Waals surface area contributed by atoms with Gasteiger partial charge in [-0.05, 0) is 23.8 Å². The Morgan fingerprint density at radius 3 is 2.78 bits per heavy atom. The van der Waals surface area contributed by atoms with Crippen LogP contribution in [-0.4, -0.2) is 5.91 Å². The van der Waals surface area contributed by atoms with Crippen LogP contribution in [0, 0.1) is 0 Å². The summed E-state index contributed by atoms with van der Waals surface area (Å²) >= 11 is 0. The molecule has 94 valence electrons. The lowest BCUT2D eigenvalue weighted by molar-refractivity contribution is 0.0882. The Bertz CT molecular complexity index is 509. The molecule has 0 saturated carbocycles. The van der Waals surface area contributed by atoms with E-state index in [0.717, 1.165) is 11.3 Å². The van der Waals surface area contributed by atoms with Crippen molar-refractivity contribution in [2.75, 3.05) is 0 Å². The lowest BCUT2D eigenvalue weighted by Crippen LogP contribution is -2.30. The van der Waals surface area contributed by atoms with E-state index in [-0.39, 0.29) is 5.91 Å².